The molecule has 1 aromatic heterocycles. The van der Waals surface area contributed by atoms with E-state index in [9.17, 15) is 0 Å². The molecule has 1 aliphatic heterocycles. The fourth-order valence-corrected chi connectivity index (χ4v) is 2.61. The van der Waals surface area contributed by atoms with Gasteiger partial charge in [0.2, 0.25) is 10.3 Å². The highest BCUT2D eigenvalue weighted by Crippen LogP contribution is 2.26. The Kier molecular flexibility index (Phi) is 3.38. The molecule has 0 spiro atoms. The number of nitrogens with one attached hydrogen (secondary N) is 1. The summed E-state index contributed by atoms with van der Waals surface area (Å²) in [5.74, 6) is 0. The molecule has 18 heavy (non-hydrogen) atoms. The van der Waals surface area contributed by atoms with Gasteiger partial charge in [-0.2, -0.15) is 0 Å². The lowest BCUT2D eigenvalue weighted by atomic mass is 10.3. The fraction of sp³-hybridized carbons (Fsp3) is 0.333. The number of benzene rings is 1. The average molecular weight is 262 g/mol. The van der Waals surface area contributed by atoms with Crippen LogP contribution in [0.15, 0.2) is 30.3 Å². The van der Waals surface area contributed by atoms with Crippen molar-refractivity contribution < 1.29 is 4.74 Å². The van der Waals surface area contributed by atoms with Crippen molar-refractivity contribution in [3.63, 3.8) is 0 Å². The first-order chi connectivity index (χ1) is 8.92. The van der Waals surface area contributed by atoms with E-state index in [1.165, 1.54) is 0 Å². The van der Waals surface area contributed by atoms with Gasteiger partial charge in [0.15, 0.2) is 0 Å². The summed E-state index contributed by atoms with van der Waals surface area (Å²) in [4.78, 5) is 2.21. The van der Waals surface area contributed by atoms with Crippen molar-refractivity contribution in [3.05, 3.63) is 30.3 Å². The molecule has 1 N–H and O–H groups in total. The zero-order chi connectivity index (χ0) is 12.2. The predicted octanol–water partition coefficient (Wildman–Crippen LogP) is 2.12. The van der Waals surface area contributed by atoms with Gasteiger partial charge < -0.3 is 15.0 Å². The minimum atomic E-state index is 0.765. The van der Waals surface area contributed by atoms with Gasteiger partial charge in [-0.25, -0.2) is 0 Å². The van der Waals surface area contributed by atoms with E-state index in [0.717, 1.165) is 42.3 Å². The second-order valence-electron chi connectivity index (χ2n) is 3.98. The number of para-hydroxylation sites is 1. The van der Waals surface area contributed by atoms with E-state index in [1.54, 1.807) is 11.3 Å². The smallest absolute Gasteiger partial charge is 0.211 e. The number of morpholine rings is 1. The Labute approximate surface area is 109 Å². The third-order valence-electron chi connectivity index (χ3n) is 2.72. The summed E-state index contributed by atoms with van der Waals surface area (Å²) in [5, 5.41) is 13.4. The number of rotatable bonds is 3. The van der Waals surface area contributed by atoms with Crippen LogP contribution in [0.25, 0.3) is 0 Å². The lowest BCUT2D eigenvalue weighted by Gasteiger charge is -2.25. The highest BCUT2D eigenvalue weighted by Gasteiger charge is 2.15. The topological polar surface area (TPSA) is 50.3 Å². The molecule has 5 nitrogen and oxygen atoms in total. The number of nitrogens with zero attached hydrogens (tertiary/aromatic N) is 3. The molecule has 1 aromatic carbocycles. The SMILES string of the molecule is c1ccc(Nc2nnc(N3CCOCC3)s2)cc1. The summed E-state index contributed by atoms with van der Waals surface area (Å²) in [5.41, 5.74) is 1.03. The van der Waals surface area contributed by atoms with Gasteiger partial charge >= 0.3 is 0 Å². The van der Waals surface area contributed by atoms with Crippen molar-refractivity contribution in [1.29, 1.82) is 0 Å². The predicted molar refractivity (Wildman–Crippen MR) is 72.7 cm³/mol. The van der Waals surface area contributed by atoms with Crippen LogP contribution < -0.4 is 10.2 Å². The van der Waals surface area contributed by atoms with Crippen molar-refractivity contribution in [2.75, 3.05) is 36.5 Å². The zero-order valence-electron chi connectivity index (χ0n) is 9.87. The van der Waals surface area contributed by atoms with E-state index < -0.39 is 0 Å². The van der Waals surface area contributed by atoms with Gasteiger partial charge in [0.05, 0.1) is 13.2 Å². The van der Waals surface area contributed by atoms with Crippen molar-refractivity contribution in [2.24, 2.45) is 0 Å². The lowest BCUT2D eigenvalue weighted by molar-refractivity contribution is 0.122. The third kappa shape index (κ3) is 2.60. The summed E-state index contributed by atoms with van der Waals surface area (Å²) < 4.78 is 5.32. The summed E-state index contributed by atoms with van der Waals surface area (Å²) in [7, 11) is 0. The number of hydrogen-bond acceptors (Lipinski definition) is 6. The Bertz CT molecular complexity index is 496. The van der Waals surface area contributed by atoms with Crippen molar-refractivity contribution in [2.45, 2.75) is 0 Å². The number of hydrogen-bond donors (Lipinski definition) is 1. The molecule has 6 heteroatoms. The molecule has 0 radical (unpaired) electrons. The molecule has 1 fully saturated rings. The fourth-order valence-electron chi connectivity index (χ4n) is 1.79. The van der Waals surface area contributed by atoms with E-state index in [1.807, 2.05) is 30.3 Å². The molecule has 0 amide bonds. The van der Waals surface area contributed by atoms with Gasteiger partial charge in [-0.1, -0.05) is 29.5 Å². The van der Waals surface area contributed by atoms with E-state index >= 15 is 0 Å². The number of aromatic nitrogens is 2. The van der Waals surface area contributed by atoms with Crippen LogP contribution in [0.2, 0.25) is 0 Å². The molecule has 94 valence electrons. The maximum Gasteiger partial charge on any atom is 0.211 e. The summed E-state index contributed by atoms with van der Waals surface area (Å²) in [6.07, 6.45) is 0. The molecule has 0 aliphatic carbocycles. The first-order valence-electron chi connectivity index (χ1n) is 5.90. The Morgan fingerprint density at radius 3 is 2.67 bits per heavy atom. The maximum atomic E-state index is 5.32. The normalized spacial score (nSPS) is 15.7. The summed E-state index contributed by atoms with van der Waals surface area (Å²) >= 11 is 1.57. The second kappa shape index (κ2) is 5.32. The van der Waals surface area contributed by atoms with Crippen LogP contribution in [0.3, 0.4) is 0 Å². The van der Waals surface area contributed by atoms with E-state index in [-0.39, 0.29) is 0 Å². The number of anilines is 3. The first-order valence-corrected chi connectivity index (χ1v) is 6.72. The van der Waals surface area contributed by atoms with Crippen LogP contribution in [0, 0.1) is 0 Å². The summed E-state index contributed by atoms with van der Waals surface area (Å²) in [6.45, 7) is 3.31. The van der Waals surface area contributed by atoms with E-state index in [4.69, 9.17) is 4.74 Å². The van der Waals surface area contributed by atoms with Crippen LogP contribution in [-0.2, 0) is 4.74 Å². The zero-order valence-corrected chi connectivity index (χ0v) is 10.7. The Balaban J connectivity index is 1.69. The molecule has 1 saturated heterocycles. The van der Waals surface area contributed by atoms with Gasteiger partial charge in [0.25, 0.3) is 0 Å². The standard InChI is InChI=1S/C12H14N4OS/c1-2-4-10(5-3-1)13-11-14-15-12(18-11)16-6-8-17-9-7-16/h1-5H,6-9H2,(H,13,14). The second-order valence-corrected chi connectivity index (χ2v) is 4.94. The third-order valence-corrected chi connectivity index (χ3v) is 3.62. The number of ether oxygens (including phenoxy) is 1. The van der Waals surface area contributed by atoms with Crippen molar-refractivity contribution in [3.8, 4) is 0 Å². The first kappa shape index (κ1) is 11.4. The molecule has 3 rings (SSSR count). The average Bonchev–Trinajstić information content (AvgIpc) is 2.89. The molecule has 1 aliphatic rings. The van der Waals surface area contributed by atoms with E-state index in [2.05, 4.69) is 20.4 Å². The van der Waals surface area contributed by atoms with Crippen molar-refractivity contribution >= 4 is 27.3 Å². The van der Waals surface area contributed by atoms with Crippen molar-refractivity contribution in [1.82, 2.24) is 10.2 Å². The Morgan fingerprint density at radius 2 is 1.89 bits per heavy atom. The monoisotopic (exact) mass is 262 g/mol. The molecule has 2 heterocycles. The molecule has 0 unspecified atom stereocenters. The van der Waals surface area contributed by atoms with Crippen LogP contribution in [0.5, 0.6) is 0 Å². The van der Waals surface area contributed by atoms with Crippen LogP contribution in [0.1, 0.15) is 0 Å². The highest BCUT2D eigenvalue weighted by atomic mass is 32.1. The molecular weight excluding hydrogens is 248 g/mol. The summed E-state index contributed by atoms with van der Waals surface area (Å²) in [6, 6.07) is 9.99. The lowest BCUT2D eigenvalue weighted by Crippen LogP contribution is -2.36. The van der Waals surface area contributed by atoms with Crippen LogP contribution in [0.4, 0.5) is 16.0 Å². The van der Waals surface area contributed by atoms with Gasteiger partial charge in [0.1, 0.15) is 0 Å². The van der Waals surface area contributed by atoms with Gasteiger partial charge in [-0.3, -0.25) is 0 Å². The van der Waals surface area contributed by atoms with Crippen LogP contribution in [-0.4, -0.2) is 36.5 Å². The highest BCUT2D eigenvalue weighted by molar-refractivity contribution is 7.19. The molecule has 0 atom stereocenters. The van der Waals surface area contributed by atoms with Gasteiger partial charge in [-0.05, 0) is 12.1 Å². The molecule has 0 bridgehead atoms. The maximum absolute atomic E-state index is 5.32. The van der Waals surface area contributed by atoms with Gasteiger partial charge in [0, 0.05) is 18.8 Å². The molecule has 2 aromatic rings. The van der Waals surface area contributed by atoms with Crippen LogP contribution >= 0.6 is 11.3 Å². The minimum absolute atomic E-state index is 0.765. The molecule has 0 saturated carbocycles. The van der Waals surface area contributed by atoms with Gasteiger partial charge in [-0.15, -0.1) is 10.2 Å². The van der Waals surface area contributed by atoms with E-state index in [0.29, 0.717) is 0 Å². The Hall–Kier alpha value is -1.66. The minimum Gasteiger partial charge on any atom is -0.378 e. The Morgan fingerprint density at radius 1 is 1.11 bits per heavy atom. The molecular formula is C12H14N4OS. The quantitative estimate of drug-likeness (QED) is 0.918. The largest absolute Gasteiger partial charge is 0.378 e.